The molecule has 1 amide bonds. The minimum atomic E-state index is -0.157. The molecule has 0 spiro atoms. The van der Waals surface area contributed by atoms with E-state index in [-0.39, 0.29) is 11.9 Å². The SMILES string of the molecule is CCCc1nc2ccccc2c(C(=O)NC(C)c2ccccn2)c1CC. The second kappa shape index (κ2) is 8.09. The molecule has 2 heterocycles. The molecule has 1 unspecified atom stereocenters. The third-order valence-corrected chi connectivity index (χ3v) is 4.63. The number of benzene rings is 1. The summed E-state index contributed by atoms with van der Waals surface area (Å²) in [4.78, 5) is 22.4. The van der Waals surface area contributed by atoms with Crippen LogP contribution in [0.4, 0.5) is 0 Å². The van der Waals surface area contributed by atoms with E-state index < -0.39 is 0 Å². The molecule has 0 radical (unpaired) electrons. The van der Waals surface area contributed by atoms with Gasteiger partial charge in [0.15, 0.2) is 0 Å². The van der Waals surface area contributed by atoms with Crippen LogP contribution >= 0.6 is 0 Å². The van der Waals surface area contributed by atoms with Crippen LogP contribution in [0, 0.1) is 0 Å². The van der Waals surface area contributed by atoms with Crippen molar-refractivity contribution in [2.24, 2.45) is 0 Å². The summed E-state index contributed by atoms with van der Waals surface area (Å²) >= 11 is 0. The second-order valence-electron chi connectivity index (χ2n) is 6.48. The van der Waals surface area contributed by atoms with Crippen LogP contribution in [0.1, 0.15) is 60.5 Å². The van der Waals surface area contributed by atoms with Crippen molar-refractivity contribution in [3.05, 3.63) is 71.2 Å². The summed E-state index contributed by atoms with van der Waals surface area (Å²) in [7, 11) is 0. The first-order valence-corrected chi connectivity index (χ1v) is 9.28. The normalized spacial score (nSPS) is 12.1. The maximum Gasteiger partial charge on any atom is 0.252 e. The molecule has 1 atom stereocenters. The maximum absolute atomic E-state index is 13.2. The highest BCUT2D eigenvalue weighted by molar-refractivity contribution is 6.07. The van der Waals surface area contributed by atoms with Crippen molar-refractivity contribution in [1.29, 1.82) is 0 Å². The number of fused-ring (bicyclic) bond motifs is 1. The van der Waals surface area contributed by atoms with Crippen molar-refractivity contribution < 1.29 is 4.79 Å². The predicted octanol–water partition coefficient (Wildman–Crippen LogP) is 4.64. The van der Waals surface area contributed by atoms with E-state index in [1.165, 1.54) is 0 Å². The molecule has 1 aromatic carbocycles. The number of aromatic nitrogens is 2. The number of aryl methyl sites for hydroxylation is 1. The highest BCUT2D eigenvalue weighted by Crippen LogP contribution is 2.26. The first-order chi connectivity index (χ1) is 12.7. The van der Waals surface area contributed by atoms with Gasteiger partial charge in [-0.3, -0.25) is 14.8 Å². The molecule has 3 aromatic rings. The van der Waals surface area contributed by atoms with Crippen LogP contribution in [0.15, 0.2) is 48.7 Å². The lowest BCUT2D eigenvalue weighted by molar-refractivity contribution is 0.0939. The monoisotopic (exact) mass is 347 g/mol. The van der Waals surface area contributed by atoms with Crippen LogP contribution in [-0.4, -0.2) is 15.9 Å². The van der Waals surface area contributed by atoms with E-state index in [1.807, 2.05) is 49.4 Å². The standard InChI is InChI=1S/C22H25N3O/c1-4-10-19-16(5-2)21(17-11-6-7-13-20(17)25-19)22(26)24-15(3)18-12-8-9-14-23-18/h6-9,11-15H,4-5,10H2,1-3H3,(H,24,26). The lowest BCUT2D eigenvalue weighted by atomic mass is 9.95. The molecular formula is C22H25N3O. The molecule has 1 N–H and O–H groups in total. The minimum absolute atomic E-state index is 0.0593. The molecule has 0 aliphatic heterocycles. The summed E-state index contributed by atoms with van der Waals surface area (Å²) in [5, 5.41) is 4.03. The molecule has 0 fully saturated rings. The Balaban J connectivity index is 2.05. The van der Waals surface area contributed by atoms with Gasteiger partial charge < -0.3 is 5.32 Å². The Bertz CT molecular complexity index is 906. The quantitative estimate of drug-likeness (QED) is 0.707. The molecule has 26 heavy (non-hydrogen) atoms. The van der Waals surface area contributed by atoms with Crippen LogP contribution < -0.4 is 5.32 Å². The zero-order valence-electron chi connectivity index (χ0n) is 15.6. The summed E-state index contributed by atoms with van der Waals surface area (Å²) in [6.07, 6.45) is 4.42. The Labute approximate surface area is 154 Å². The van der Waals surface area contributed by atoms with Gasteiger partial charge in [-0.1, -0.05) is 44.5 Å². The van der Waals surface area contributed by atoms with Crippen LogP contribution in [0.5, 0.6) is 0 Å². The average Bonchev–Trinajstić information content (AvgIpc) is 2.67. The summed E-state index contributed by atoms with van der Waals surface area (Å²) in [5.41, 5.74) is 4.57. The number of carbonyl (C=O) groups is 1. The number of pyridine rings is 2. The third-order valence-electron chi connectivity index (χ3n) is 4.63. The van der Waals surface area contributed by atoms with Crippen LogP contribution in [0.25, 0.3) is 10.9 Å². The second-order valence-corrected chi connectivity index (χ2v) is 6.48. The summed E-state index contributed by atoms with van der Waals surface area (Å²) < 4.78 is 0. The summed E-state index contributed by atoms with van der Waals surface area (Å²) in [5.74, 6) is -0.0593. The fourth-order valence-corrected chi connectivity index (χ4v) is 3.36. The van der Waals surface area contributed by atoms with E-state index in [0.717, 1.165) is 52.7 Å². The van der Waals surface area contributed by atoms with Gasteiger partial charge in [0.1, 0.15) is 0 Å². The van der Waals surface area contributed by atoms with Crippen LogP contribution in [0.2, 0.25) is 0 Å². The Hall–Kier alpha value is -2.75. The van der Waals surface area contributed by atoms with Crippen molar-refractivity contribution in [3.8, 4) is 0 Å². The Morgan fingerprint density at radius 2 is 1.88 bits per heavy atom. The van der Waals surface area contributed by atoms with E-state index in [0.29, 0.717) is 0 Å². The van der Waals surface area contributed by atoms with E-state index >= 15 is 0 Å². The molecule has 0 aliphatic carbocycles. The zero-order chi connectivity index (χ0) is 18.5. The van der Waals surface area contributed by atoms with Gasteiger partial charge in [0.2, 0.25) is 0 Å². The summed E-state index contributed by atoms with van der Waals surface area (Å²) in [6.45, 7) is 6.19. The van der Waals surface area contributed by atoms with Crippen LogP contribution in [-0.2, 0) is 12.8 Å². The van der Waals surface area contributed by atoms with Gasteiger partial charge in [-0.2, -0.15) is 0 Å². The Kier molecular flexibility index (Phi) is 5.61. The number of carbonyl (C=O) groups excluding carboxylic acids is 1. The Morgan fingerprint density at radius 1 is 1.12 bits per heavy atom. The van der Waals surface area contributed by atoms with Crippen LogP contribution in [0.3, 0.4) is 0 Å². The lowest BCUT2D eigenvalue weighted by Crippen LogP contribution is -2.29. The first-order valence-electron chi connectivity index (χ1n) is 9.28. The van der Waals surface area contributed by atoms with Gasteiger partial charge in [-0.05, 0) is 43.5 Å². The van der Waals surface area contributed by atoms with Gasteiger partial charge in [-0.15, -0.1) is 0 Å². The van der Waals surface area contributed by atoms with Gasteiger partial charge in [-0.25, -0.2) is 0 Å². The average molecular weight is 347 g/mol. The van der Waals surface area contributed by atoms with Gasteiger partial charge in [0.25, 0.3) is 5.91 Å². The molecule has 134 valence electrons. The van der Waals surface area contributed by atoms with Crippen molar-refractivity contribution >= 4 is 16.8 Å². The van der Waals surface area contributed by atoms with E-state index in [9.17, 15) is 4.79 Å². The first kappa shape index (κ1) is 18.1. The van der Waals surface area contributed by atoms with E-state index in [2.05, 4.69) is 24.1 Å². The van der Waals surface area contributed by atoms with Gasteiger partial charge in [0, 0.05) is 17.3 Å². The van der Waals surface area contributed by atoms with Crippen molar-refractivity contribution in [2.45, 2.75) is 46.1 Å². The molecule has 2 aromatic heterocycles. The fraction of sp³-hybridized carbons (Fsp3) is 0.318. The van der Waals surface area contributed by atoms with E-state index in [4.69, 9.17) is 4.98 Å². The number of para-hydroxylation sites is 1. The number of hydrogen-bond donors (Lipinski definition) is 1. The predicted molar refractivity (Wildman–Crippen MR) is 105 cm³/mol. The molecule has 0 aliphatic rings. The number of nitrogens with one attached hydrogen (secondary N) is 1. The van der Waals surface area contributed by atoms with Crippen molar-refractivity contribution in [1.82, 2.24) is 15.3 Å². The number of rotatable bonds is 6. The molecule has 3 rings (SSSR count). The lowest BCUT2D eigenvalue weighted by Gasteiger charge is -2.18. The molecular weight excluding hydrogens is 322 g/mol. The Morgan fingerprint density at radius 3 is 2.58 bits per heavy atom. The molecule has 0 bridgehead atoms. The molecule has 4 heteroatoms. The highest BCUT2D eigenvalue weighted by Gasteiger charge is 2.21. The topological polar surface area (TPSA) is 54.9 Å². The minimum Gasteiger partial charge on any atom is -0.344 e. The smallest absolute Gasteiger partial charge is 0.252 e. The highest BCUT2D eigenvalue weighted by atomic mass is 16.1. The third kappa shape index (κ3) is 3.59. The fourth-order valence-electron chi connectivity index (χ4n) is 3.36. The van der Waals surface area contributed by atoms with Gasteiger partial charge >= 0.3 is 0 Å². The largest absolute Gasteiger partial charge is 0.344 e. The van der Waals surface area contributed by atoms with E-state index in [1.54, 1.807) is 6.20 Å². The maximum atomic E-state index is 13.2. The van der Waals surface area contributed by atoms with Crippen molar-refractivity contribution in [3.63, 3.8) is 0 Å². The summed E-state index contributed by atoms with van der Waals surface area (Å²) in [6, 6.07) is 13.5. The molecule has 0 saturated heterocycles. The molecule has 4 nitrogen and oxygen atoms in total. The molecule has 0 saturated carbocycles. The number of amides is 1. The zero-order valence-corrected chi connectivity index (χ0v) is 15.6. The van der Waals surface area contributed by atoms with Crippen molar-refractivity contribution in [2.75, 3.05) is 0 Å². The number of hydrogen-bond acceptors (Lipinski definition) is 3. The number of nitrogens with zero attached hydrogens (tertiary/aromatic N) is 2. The van der Waals surface area contributed by atoms with Gasteiger partial charge in [0.05, 0.1) is 22.8 Å².